The van der Waals surface area contributed by atoms with E-state index in [0.717, 1.165) is 13.0 Å². The Labute approximate surface area is 157 Å². The smallest absolute Gasteiger partial charge is 0.192 e. The van der Waals surface area contributed by atoms with Crippen LogP contribution in [0.4, 0.5) is 0 Å². The number of fused-ring (bicyclic) bond motifs is 1. The third-order valence-corrected chi connectivity index (χ3v) is 16.1. The molecule has 0 aromatic rings. The summed E-state index contributed by atoms with van der Waals surface area (Å²) in [6.07, 6.45) is 5.65. The van der Waals surface area contributed by atoms with E-state index in [1.165, 1.54) is 0 Å². The van der Waals surface area contributed by atoms with Crippen LogP contribution in [0.1, 0.15) is 48.0 Å². The molecule has 25 heavy (non-hydrogen) atoms. The summed E-state index contributed by atoms with van der Waals surface area (Å²) in [5.74, 6) is 0.853. The lowest BCUT2D eigenvalue weighted by atomic mass is 9.96. The Kier molecular flexibility index (Phi) is 5.77. The third kappa shape index (κ3) is 4.42. The molecule has 1 heterocycles. The Morgan fingerprint density at radius 3 is 2.04 bits per heavy atom. The molecule has 4 atom stereocenters. The van der Waals surface area contributed by atoms with Crippen LogP contribution >= 0.6 is 0 Å². The van der Waals surface area contributed by atoms with Crippen LogP contribution in [0.5, 0.6) is 0 Å². The zero-order chi connectivity index (χ0) is 19.3. The minimum atomic E-state index is -1.80. The average molecular weight is 385 g/mol. The van der Waals surface area contributed by atoms with Crippen molar-refractivity contribution in [1.29, 1.82) is 0 Å². The summed E-state index contributed by atoms with van der Waals surface area (Å²) in [5.41, 5.74) is 0. The van der Waals surface area contributed by atoms with Crippen LogP contribution in [-0.4, -0.2) is 35.4 Å². The molecule has 0 N–H and O–H groups in total. The number of rotatable bonds is 5. The summed E-state index contributed by atoms with van der Waals surface area (Å²) in [6.45, 7) is 24.0. The Morgan fingerprint density at radius 2 is 1.52 bits per heavy atom. The van der Waals surface area contributed by atoms with Gasteiger partial charge in [0.05, 0.1) is 12.4 Å². The summed E-state index contributed by atoms with van der Waals surface area (Å²) >= 11 is 0. The molecule has 0 spiro atoms. The van der Waals surface area contributed by atoms with Crippen molar-refractivity contribution in [3.05, 3.63) is 12.3 Å². The molecule has 0 aromatic carbocycles. The fourth-order valence-electron chi connectivity index (χ4n) is 3.16. The highest BCUT2D eigenvalue weighted by Gasteiger charge is 2.50. The lowest BCUT2D eigenvalue weighted by molar-refractivity contribution is 0.0903. The zero-order valence-corrected chi connectivity index (χ0v) is 20.1. The Balaban J connectivity index is 2.13. The molecule has 1 fully saturated rings. The van der Waals surface area contributed by atoms with Gasteiger partial charge in [-0.3, -0.25) is 0 Å². The summed E-state index contributed by atoms with van der Waals surface area (Å²) in [6, 6.07) is 0. The van der Waals surface area contributed by atoms with Gasteiger partial charge in [-0.1, -0.05) is 41.5 Å². The largest absolute Gasteiger partial charge is 0.498 e. The maximum Gasteiger partial charge on any atom is 0.192 e. The molecular formula is C20H40O3Si2. The van der Waals surface area contributed by atoms with Gasteiger partial charge in [0.15, 0.2) is 16.6 Å². The van der Waals surface area contributed by atoms with E-state index in [0.29, 0.717) is 11.8 Å². The lowest BCUT2D eigenvalue weighted by Crippen LogP contribution is -2.47. The van der Waals surface area contributed by atoms with E-state index in [4.69, 9.17) is 13.6 Å². The van der Waals surface area contributed by atoms with Crippen LogP contribution < -0.4 is 0 Å². The van der Waals surface area contributed by atoms with Crippen molar-refractivity contribution in [2.24, 2.45) is 11.8 Å². The molecule has 5 heteroatoms. The zero-order valence-electron chi connectivity index (χ0n) is 18.1. The van der Waals surface area contributed by atoms with Gasteiger partial charge in [0.2, 0.25) is 0 Å². The van der Waals surface area contributed by atoms with Crippen LogP contribution in [0.3, 0.4) is 0 Å². The maximum absolute atomic E-state index is 6.82. The highest BCUT2D eigenvalue weighted by Crippen LogP contribution is 2.46. The summed E-state index contributed by atoms with van der Waals surface area (Å²) < 4.78 is 19.3. The fourth-order valence-corrected chi connectivity index (χ4v) is 5.59. The molecule has 3 nitrogen and oxygen atoms in total. The lowest BCUT2D eigenvalue weighted by Gasteiger charge is -2.41. The van der Waals surface area contributed by atoms with Crippen molar-refractivity contribution in [3.63, 3.8) is 0 Å². The van der Waals surface area contributed by atoms with Gasteiger partial charge in [0.25, 0.3) is 0 Å². The van der Waals surface area contributed by atoms with E-state index in [-0.39, 0.29) is 22.3 Å². The summed E-state index contributed by atoms with van der Waals surface area (Å²) in [5, 5.41) is 0.467. The molecule has 1 aliphatic heterocycles. The molecule has 1 aliphatic carbocycles. The number of ether oxygens (including phenoxy) is 1. The first-order valence-corrected chi connectivity index (χ1v) is 15.6. The monoisotopic (exact) mass is 384 g/mol. The van der Waals surface area contributed by atoms with E-state index >= 15 is 0 Å². The molecule has 0 amide bonds. The molecule has 0 radical (unpaired) electrons. The van der Waals surface area contributed by atoms with Crippen LogP contribution in [0.25, 0.3) is 0 Å². The van der Waals surface area contributed by atoms with Gasteiger partial charge >= 0.3 is 0 Å². The molecule has 2 rings (SSSR count). The predicted molar refractivity (Wildman–Crippen MR) is 111 cm³/mol. The molecule has 0 unspecified atom stereocenters. The van der Waals surface area contributed by atoms with E-state index in [1.807, 2.05) is 6.26 Å². The number of hydrogen-bond donors (Lipinski definition) is 0. The average Bonchev–Trinajstić information content (AvgIpc) is 2.94. The highest BCUT2D eigenvalue weighted by molar-refractivity contribution is 6.74. The van der Waals surface area contributed by atoms with Gasteiger partial charge in [-0.25, -0.2) is 0 Å². The Bertz CT molecular complexity index is 500. The van der Waals surface area contributed by atoms with E-state index in [2.05, 4.69) is 73.8 Å². The van der Waals surface area contributed by atoms with Crippen molar-refractivity contribution in [2.45, 2.75) is 96.4 Å². The first-order chi connectivity index (χ1) is 11.2. The van der Waals surface area contributed by atoms with Crippen LogP contribution in [0, 0.1) is 11.8 Å². The SMILES string of the molecule is CC(C)(C)[Si](C)(C)OC[C@@H]1[C@H]2C=CO[C@H]2C[C@H]1O[Si](C)(C)C(C)(C)C. The molecular weight excluding hydrogens is 344 g/mol. The van der Waals surface area contributed by atoms with Crippen LogP contribution in [0.15, 0.2) is 12.3 Å². The van der Waals surface area contributed by atoms with Crippen molar-refractivity contribution in [1.82, 2.24) is 0 Å². The maximum atomic E-state index is 6.82. The highest BCUT2D eigenvalue weighted by atomic mass is 28.4. The minimum absolute atomic E-state index is 0.228. The van der Waals surface area contributed by atoms with Gasteiger partial charge in [-0.15, -0.1) is 0 Å². The Morgan fingerprint density at radius 1 is 0.960 bits per heavy atom. The summed E-state index contributed by atoms with van der Waals surface area (Å²) in [4.78, 5) is 0. The molecule has 0 bridgehead atoms. The normalized spacial score (nSPS) is 30.5. The second-order valence-electron chi connectivity index (χ2n) is 11.0. The van der Waals surface area contributed by atoms with Crippen molar-refractivity contribution >= 4 is 16.6 Å². The molecule has 0 saturated heterocycles. The van der Waals surface area contributed by atoms with Gasteiger partial charge < -0.3 is 13.6 Å². The van der Waals surface area contributed by atoms with Crippen molar-refractivity contribution < 1.29 is 13.6 Å². The van der Waals surface area contributed by atoms with E-state index in [1.54, 1.807) is 0 Å². The van der Waals surface area contributed by atoms with Gasteiger partial charge in [0.1, 0.15) is 6.10 Å². The quantitative estimate of drug-likeness (QED) is 0.548. The second-order valence-corrected chi connectivity index (χ2v) is 20.5. The molecule has 1 saturated carbocycles. The number of hydrogen-bond acceptors (Lipinski definition) is 3. The third-order valence-electron chi connectivity index (χ3n) is 7.11. The van der Waals surface area contributed by atoms with Gasteiger partial charge in [-0.2, -0.15) is 0 Å². The second kappa shape index (κ2) is 6.81. The summed E-state index contributed by atoms with van der Waals surface area (Å²) in [7, 11) is -3.55. The van der Waals surface area contributed by atoms with Gasteiger partial charge in [0, 0.05) is 24.9 Å². The standard InChI is InChI=1S/C20H40O3Si2/c1-19(2,3)24(7,8)22-14-16-15-11-12-21-17(15)13-18(16)23-25(9,10)20(4,5)6/h11-12,15-18H,13-14H2,1-10H3/t15-,16-,17+,18-/m1/s1. The molecule has 0 aromatic heterocycles. The first-order valence-electron chi connectivity index (χ1n) is 9.80. The van der Waals surface area contributed by atoms with Crippen LogP contribution in [-0.2, 0) is 13.6 Å². The minimum Gasteiger partial charge on any atom is -0.498 e. The first kappa shape index (κ1) is 21.2. The topological polar surface area (TPSA) is 27.7 Å². The molecule has 146 valence electrons. The van der Waals surface area contributed by atoms with Crippen molar-refractivity contribution in [2.75, 3.05) is 6.61 Å². The van der Waals surface area contributed by atoms with Gasteiger partial charge in [-0.05, 0) is 42.3 Å². The predicted octanol–water partition coefficient (Wildman–Crippen LogP) is 5.95. The fraction of sp³-hybridized carbons (Fsp3) is 0.900. The van der Waals surface area contributed by atoms with Crippen molar-refractivity contribution in [3.8, 4) is 0 Å². The van der Waals surface area contributed by atoms with E-state index in [9.17, 15) is 0 Å². The Hall–Kier alpha value is -0.106. The molecule has 2 aliphatic rings. The van der Waals surface area contributed by atoms with Crippen LogP contribution in [0.2, 0.25) is 36.3 Å². The van der Waals surface area contributed by atoms with E-state index < -0.39 is 16.6 Å².